The molecule has 0 spiro atoms. The molecule has 2 nitrogen and oxygen atoms in total. The van der Waals surface area contributed by atoms with E-state index in [1.807, 2.05) is 35.6 Å². The minimum Gasteiger partial charge on any atom is -0.228 e. The van der Waals surface area contributed by atoms with E-state index in [1.54, 1.807) is 0 Å². The van der Waals surface area contributed by atoms with Crippen LogP contribution < -0.4 is 0 Å². The molecule has 0 aliphatic rings. The second-order valence-electron chi connectivity index (χ2n) is 13.8. The maximum atomic E-state index is 5.24. The molecule has 0 fully saturated rings. The van der Waals surface area contributed by atoms with Crippen LogP contribution in [0.2, 0.25) is 0 Å². The third-order valence-corrected chi connectivity index (χ3v) is 11.4. The molecule has 10 aromatic rings. The number of nitrogens with zero attached hydrogens (tertiary/aromatic N) is 2. The first-order valence-corrected chi connectivity index (χ1v) is 19.4. The molecule has 0 radical (unpaired) electrons. The number of thiophene rings is 1. The molecule has 0 atom stereocenters. The molecule has 0 saturated carbocycles. The lowest BCUT2D eigenvalue weighted by molar-refractivity contribution is 1.18. The highest BCUT2D eigenvalue weighted by Gasteiger charge is 2.15. The minimum atomic E-state index is 0.705. The fourth-order valence-electron chi connectivity index (χ4n) is 7.45. The fraction of sp³-hybridized carbons (Fsp3) is 0. The first kappa shape index (κ1) is 32.7. The van der Waals surface area contributed by atoms with E-state index in [2.05, 4.69) is 182 Å². The zero-order chi connectivity index (χ0) is 36.6. The smallest absolute Gasteiger partial charge is 0.160 e. The first-order valence-electron chi connectivity index (χ1n) is 18.6. The van der Waals surface area contributed by atoms with Crippen LogP contribution in [0.15, 0.2) is 206 Å². The summed E-state index contributed by atoms with van der Waals surface area (Å²) in [6, 6.07) is 73.5. The zero-order valence-electron chi connectivity index (χ0n) is 29.9. The Kier molecular flexibility index (Phi) is 8.40. The third-order valence-electron chi connectivity index (χ3n) is 10.3. The number of benzene rings is 8. The van der Waals surface area contributed by atoms with E-state index in [9.17, 15) is 0 Å². The second kappa shape index (κ2) is 14.1. The molecule has 0 unspecified atom stereocenters. The molecule has 55 heavy (non-hydrogen) atoms. The van der Waals surface area contributed by atoms with Crippen LogP contribution in [0.5, 0.6) is 0 Å². The van der Waals surface area contributed by atoms with Gasteiger partial charge >= 0.3 is 0 Å². The van der Waals surface area contributed by atoms with Crippen LogP contribution in [-0.4, -0.2) is 9.97 Å². The first-order chi connectivity index (χ1) is 27.2. The van der Waals surface area contributed by atoms with Crippen molar-refractivity contribution in [3.8, 4) is 78.4 Å². The van der Waals surface area contributed by atoms with Crippen molar-refractivity contribution in [1.29, 1.82) is 0 Å². The van der Waals surface area contributed by atoms with Crippen LogP contribution in [0.4, 0.5) is 0 Å². The lowest BCUT2D eigenvalue weighted by atomic mass is 9.92. The van der Waals surface area contributed by atoms with E-state index in [0.29, 0.717) is 5.82 Å². The molecule has 10 rings (SSSR count). The van der Waals surface area contributed by atoms with Crippen LogP contribution in [-0.2, 0) is 0 Å². The molecule has 3 heteroatoms. The summed E-state index contributed by atoms with van der Waals surface area (Å²) in [7, 11) is 0. The Bertz CT molecular complexity index is 2890. The lowest BCUT2D eigenvalue weighted by Crippen LogP contribution is -1.96. The Morgan fingerprint density at radius 2 is 0.691 bits per heavy atom. The van der Waals surface area contributed by atoms with Crippen LogP contribution in [0, 0.1) is 0 Å². The quantitative estimate of drug-likeness (QED) is 0.164. The monoisotopic (exact) mass is 718 g/mol. The molecule has 2 heterocycles. The average molecular weight is 719 g/mol. The Morgan fingerprint density at radius 3 is 1.38 bits per heavy atom. The van der Waals surface area contributed by atoms with Gasteiger partial charge in [0, 0.05) is 36.9 Å². The van der Waals surface area contributed by atoms with E-state index < -0.39 is 0 Å². The van der Waals surface area contributed by atoms with E-state index in [1.165, 1.54) is 48.0 Å². The Morgan fingerprint density at radius 1 is 0.255 bits per heavy atom. The summed E-state index contributed by atoms with van der Waals surface area (Å²) in [5, 5.41) is 2.58. The maximum absolute atomic E-state index is 5.24. The average Bonchev–Trinajstić information content (AvgIpc) is 3.65. The van der Waals surface area contributed by atoms with Gasteiger partial charge in [-0.15, -0.1) is 11.3 Å². The van der Waals surface area contributed by atoms with Crippen LogP contribution >= 0.6 is 11.3 Å². The van der Waals surface area contributed by atoms with Gasteiger partial charge in [-0.25, -0.2) is 9.97 Å². The summed E-state index contributed by atoms with van der Waals surface area (Å²) in [4.78, 5) is 10.3. The van der Waals surface area contributed by atoms with Crippen molar-refractivity contribution in [3.63, 3.8) is 0 Å². The zero-order valence-corrected chi connectivity index (χ0v) is 30.7. The molecule has 8 aromatic carbocycles. The van der Waals surface area contributed by atoms with Gasteiger partial charge in [0.05, 0.1) is 11.4 Å². The second-order valence-corrected chi connectivity index (χ2v) is 14.9. The van der Waals surface area contributed by atoms with Gasteiger partial charge in [-0.3, -0.25) is 0 Å². The topological polar surface area (TPSA) is 25.8 Å². The molecular weight excluding hydrogens is 685 g/mol. The van der Waals surface area contributed by atoms with Gasteiger partial charge in [0.15, 0.2) is 5.82 Å². The third kappa shape index (κ3) is 6.52. The van der Waals surface area contributed by atoms with E-state index in [0.717, 1.165) is 44.8 Å². The van der Waals surface area contributed by atoms with Crippen molar-refractivity contribution in [3.05, 3.63) is 206 Å². The Hall–Kier alpha value is -6.94. The molecule has 0 aliphatic heterocycles. The lowest BCUT2D eigenvalue weighted by Gasteiger charge is -2.14. The van der Waals surface area contributed by atoms with Crippen molar-refractivity contribution in [1.82, 2.24) is 9.97 Å². The van der Waals surface area contributed by atoms with Gasteiger partial charge in [-0.2, -0.15) is 0 Å². The number of hydrogen-bond donors (Lipinski definition) is 0. The summed E-state index contributed by atoms with van der Waals surface area (Å²) in [5.41, 5.74) is 14.2. The highest BCUT2D eigenvalue weighted by atomic mass is 32.1. The molecule has 0 saturated heterocycles. The largest absolute Gasteiger partial charge is 0.228 e. The van der Waals surface area contributed by atoms with Crippen LogP contribution in [0.25, 0.3) is 98.6 Å². The number of fused-ring (bicyclic) bond motifs is 3. The highest BCUT2D eigenvalue weighted by Crippen LogP contribution is 2.40. The molecular formula is C52H34N2S. The van der Waals surface area contributed by atoms with Crippen molar-refractivity contribution < 1.29 is 0 Å². The maximum Gasteiger partial charge on any atom is 0.160 e. The SMILES string of the molecule is c1ccc(-c2ccc(-c3cccc(-c4cc(-c5ccc6sc7ccccc7c6c5)cc(-c5cc(-c6ccccc6)nc(-c6ccccc6)n5)c4)c3)cc2)cc1. The summed E-state index contributed by atoms with van der Waals surface area (Å²) in [6.45, 7) is 0. The fourth-order valence-corrected chi connectivity index (χ4v) is 8.53. The molecule has 0 N–H and O–H groups in total. The van der Waals surface area contributed by atoms with Crippen molar-refractivity contribution >= 4 is 31.5 Å². The summed E-state index contributed by atoms with van der Waals surface area (Å²) in [6.07, 6.45) is 0. The van der Waals surface area contributed by atoms with E-state index >= 15 is 0 Å². The normalized spacial score (nSPS) is 11.3. The van der Waals surface area contributed by atoms with Gasteiger partial charge in [-0.05, 0) is 93.0 Å². The molecule has 0 amide bonds. The van der Waals surface area contributed by atoms with Gasteiger partial charge in [0.25, 0.3) is 0 Å². The van der Waals surface area contributed by atoms with Crippen molar-refractivity contribution in [2.75, 3.05) is 0 Å². The Balaban J connectivity index is 1.14. The van der Waals surface area contributed by atoms with Crippen molar-refractivity contribution in [2.45, 2.75) is 0 Å². The van der Waals surface area contributed by atoms with Gasteiger partial charge in [-0.1, -0.05) is 158 Å². The molecule has 258 valence electrons. The van der Waals surface area contributed by atoms with E-state index in [4.69, 9.17) is 9.97 Å². The van der Waals surface area contributed by atoms with Crippen LogP contribution in [0.3, 0.4) is 0 Å². The number of hydrogen-bond acceptors (Lipinski definition) is 3. The molecule has 2 aromatic heterocycles. The molecule has 0 bridgehead atoms. The summed E-state index contributed by atoms with van der Waals surface area (Å²) in [5.74, 6) is 0.705. The number of rotatable bonds is 7. The van der Waals surface area contributed by atoms with Crippen molar-refractivity contribution in [2.24, 2.45) is 0 Å². The summed E-state index contributed by atoms with van der Waals surface area (Å²) >= 11 is 1.85. The van der Waals surface area contributed by atoms with Gasteiger partial charge in [0.1, 0.15) is 0 Å². The summed E-state index contributed by atoms with van der Waals surface area (Å²) < 4.78 is 2.60. The van der Waals surface area contributed by atoms with Crippen LogP contribution in [0.1, 0.15) is 0 Å². The standard InChI is InChI=1S/C52H34N2S/c1-4-13-35(14-5-1)36-23-25-37(26-24-36)40-19-12-20-41(29-40)43-30-44(42-27-28-51-47(33-42)46-21-10-11-22-50(46)55-51)32-45(31-43)49-34-48(38-15-6-2-7-16-38)53-52(54-49)39-17-8-3-9-18-39/h1-34H. The van der Waals surface area contributed by atoms with Gasteiger partial charge < -0.3 is 0 Å². The predicted molar refractivity (Wildman–Crippen MR) is 233 cm³/mol. The minimum absolute atomic E-state index is 0.705. The molecule has 0 aliphatic carbocycles. The van der Waals surface area contributed by atoms with E-state index in [-0.39, 0.29) is 0 Å². The predicted octanol–water partition coefficient (Wildman–Crippen LogP) is 14.5. The Labute approximate surface area is 324 Å². The van der Waals surface area contributed by atoms with Gasteiger partial charge in [0.2, 0.25) is 0 Å². The highest BCUT2D eigenvalue weighted by molar-refractivity contribution is 7.25. The number of aromatic nitrogens is 2.